The Kier molecular flexibility index (Phi) is 2.77. The van der Waals surface area contributed by atoms with Crippen molar-refractivity contribution in [1.29, 1.82) is 0 Å². The molecular formula is C11H15FN2. The molecule has 3 heteroatoms. The number of halogens is 1. The SMILES string of the molecule is NC(CC1CCC1)c1ccncc1F. The first-order chi connectivity index (χ1) is 6.77. The lowest BCUT2D eigenvalue weighted by Crippen LogP contribution is -2.20. The minimum absolute atomic E-state index is 0.164. The van der Waals surface area contributed by atoms with E-state index in [1.54, 1.807) is 12.3 Å². The van der Waals surface area contributed by atoms with E-state index in [-0.39, 0.29) is 11.9 Å². The molecule has 0 amide bonds. The van der Waals surface area contributed by atoms with Crippen molar-refractivity contribution in [1.82, 2.24) is 4.98 Å². The zero-order chi connectivity index (χ0) is 9.97. The third-order valence-electron chi connectivity index (χ3n) is 3.02. The molecule has 1 atom stereocenters. The Morgan fingerprint density at radius 3 is 2.93 bits per heavy atom. The van der Waals surface area contributed by atoms with Gasteiger partial charge in [0, 0.05) is 17.8 Å². The van der Waals surface area contributed by atoms with Crippen LogP contribution in [0.5, 0.6) is 0 Å². The maximum absolute atomic E-state index is 13.3. The van der Waals surface area contributed by atoms with Gasteiger partial charge >= 0.3 is 0 Å². The van der Waals surface area contributed by atoms with Gasteiger partial charge in [-0.25, -0.2) is 4.39 Å². The van der Waals surface area contributed by atoms with Gasteiger partial charge in [0.2, 0.25) is 0 Å². The Hall–Kier alpha value is -0.960. The van der Waals surface area contributed by atoms with Gasteiger partial charge in [0.15, 0.2) is 0 Å². The highest BCUT2D eigenvalue weighted by Gasteiger charge is 2.22. The van der Waals surface area contributed by atoms with Crippen LogP contribution in [0, 0.1) is 11.7 Å². The molecule has 1 fully saturated rings. The second-order valence-electron chi connectivity index (χ2n) is 4.04. The molecule has 2 N–H and O–H groups in total. The van der Waals surface area contributed by atoms with Gasteiger partial charge in [-0.15, -0.1) is 0 Å². The van der Waals surface area contributed by atoms with Crippen molar-refractivity contribution < 1.29 is 4.39 Å². The number of pyridine rings is 1. The van der Waals surface area contributed by atoms with Crippen LogP contribution < -0.4 is 5.73 Å². The summed E-state index contributed by atoms with van der Waals surface area (Å²) in [4.78, 5) is 3.71. The molecule has 1 saturated carbocycles. The zero-order valence-electron chi connectivity index (χ0n) is 8.12. The molecular weight excluding hydrogens is 179 g/mol. The van der Waals surface area contributed by atoms with Crippen LogP contribution in [0.15, 0.2) is 18.5 Å². The van der Waals surface area contributed by atoms with Crippen LogP contribution in [0.25, 0.3) is 0 Å². The molecule has 2 nitrogen and oxygen atoms in total. The summed E-state index contributed by atoms with van der Waals surface area (Å²) >= 11 is 0. The maximum Gasteiger partial charge on any atom is 0.146 e. The molecule has 0 saturated heterocycles. The van der Waals surface area contributed by atoms with E-state index in [0.717, 1.165) is 6.42 Å². The number of nitrogens with two attached hydrogens (primary N) is 1. The molecule has 1 unspecified atom stereocenters. The van der Waals surface area contributed by atoms with Gasteiger partial charge in [-0.1, -0.05) is 19.3 Å². The third kappa shape index (κ3) is 1.93. The van der Waals surface area contributed by atoms with Crippen LogP contribution in [0.4, 0.5) is 4.39 Å². The van der Waals surface area contributed by atoms with Gasteiger partial charge in [-0.2, -0.15) is 0 Å². The molecule has 1 heterocycles. The standard InChI is InChI=1S/C11H15FN2/c12-10-7-14-5-4-9(10)11(13)6-8-2-1-3-8/h4-5,7-8,11H,1-3,6,13H2. The molecule has 1 aromatic heterocycles. The van der Waals surface area contributed by atoms with Crippen LogP contribution in [0.2, 0.25) is 0 Å². The van der Waals surface area contributed by atoms with Crippen LogP contribution in [-0.2, 0) is 0 Å². The maximum atomic E-state index is 13.3. The lowest BCUT2D eigenvalue weighted by atomic mass is 9.80. The van der Waals surface area contributed by atoms with E-state index in [9.17, 15) is 4.39 Å². The molecule has 1 aromatic rings. The highest BCUT2D eigenvalue weighted by Crippen LogP contribution is 2.34. The molecule has 0 aliphatic heterocycles. The van der Waals surface area contributed by atoms with Crippen molar-refractivity contribution >= 4 is 0 Å². The van der Waals surface area contributed by atoms with E-state index in [2.05, 4.69) is 4.98 Å². The minimum atomic E-state index is -0.278. The summed E-state index contributed by atoms with van der Waals surface area (Å²) in [5, 5.41) is 0. The van der Waals surface area contributed by atoms with Crippen LogP contribution >= 0.6 is 0 Å². The molecule has 76 valence electrons. The van der Waals surface area contributed by atoms with E-state index in [0.29, 0.717) is 11.5 Å². The third-order valence-corrected chi connectivity index (χ3v) is 3.02. The quantitative estimate of drug-likeness (QED) is 0.802. The largest absolute Gasteiger partial charge is 0.324 e. The van der Waals surface area contributed by atoms with Gasteiger partial charge < -0.3 is 5.73 Å². The summed E-state index contributed by atoms with van der Waals surface area (Å²) in [6.45, 7) is 0. The molecule has 0 spiro atoms. The number of nitrogens with zero attached hydrogens (tertiary/aromatic N) is 1. The first-order valence-corrected chi connectivity index (χ1v) is 5.12. The normalized spacial score (nSPS) is 19.0. The number of aromatic nitrogens is 1. The van der Waals surface area contributed by atoms with Crippen LogP contribution in [0.1, 0.15) is 37.3 Å². The van der Waals surface area contributed by atoms with Crippen molar-refractivity contribution in [2.75, 3.05) is 0 Å². The van der Waals surface area contributed by atoms with Crippen molar-refractivity contribution in [2.24, 2.45) is 11.7 Å². The topological polar surface area (TPSA) is 38.9 Å². The van der Waals surface area contributed by atoms with Gasteiger partial charge in [0.25, 0.3) is 0 Å². The highest BCUT2D eigenvalue weighted by molar-refractivity contribution is 5.16. The van der Waals surface area contributed by atoms with Gasteiger partial charge in [0.1, 0.15) is 5.82 Å². The summed E-state index contributed by atoms with van der Waals surface area (Å²) in [6.07, 6.45) is 7.53. The summed E-state index contributed by atoms with van der Waals surface area (Å²) < 4.78 is 13.3. The Morgan fingerprint density at radius 2 is 2.36 bits per heavy atom. The fourth-order valence-electron chi connectivity index (χ4n) is 1.90. The van der Waals surface area contributed by atoms with Crippen LogP contribution in [0.3, 0.4) is 0 Å². The minimum Gasteiger partial charge on any atom is -0.324 e. The van der Waals surface area contributed by atoms with Crippen molar-refractivity contribution in [3.63, 3.8) is 0 Å². The Labute approximate surface area is 83.3 Å². The van der Waals surface area contributed by atoms with E-state index in [1.165, 1.54) is 25.5 Å². The average molecular weight is 194 g/mol. The highest BCUT2D eigenvalue weighted by atomic mass is 19.1. The van der Waals surface area contributed by atoms with Gasteiger partial charge in [-0.05, 0) is 18.4 Å². The second kappa shape index (κ2) is 4.05. The monoisotopic (exact) mass is 194 g/mol. The van der Waals surface area contributed by atoms with Crippen molar-refractivity contribution in [3.05, 3.63) is 29.8 Å². The van der Waals surface area contributed by atoms with Gasteiger partial charge in [0.05, 0.1) is 6.20 Å². The van der Waals surface area contributed by atoms with E-state index >= 15 is 0 Å². The molecule has 1 aliphatic rings. The summed E-state index contributed by atoms with van der Waals surface area (Å²) in [5.74, 6) is 0.428. The van der Waals surface area contributed by atoms with Gasteiger partial charge in [-0.3, -0.25) is 4.98 Å². The fourth-order valence-corrected chi connectivity index (χ4v) is 1.90. The smallest absolute Gasteiger partial charge is 0.146 e. The predicted octanol–water partition coefficient (Wildman–Crippen LogP) is 2.41. The molecule has 2 rings (SSSR count). The summed E-state index contributed by atoms with van der Waals surface area (Å²) in [5.41, 5.74) is 6.54. The first-order valence-electron chi connectivity index (χ1n) is 5.12. The van der Waals surface area contributed by atoms with Crippen LogP contribution in [-0.4, -0.2) is 4.98 Å². The molecule has 0 radical (unpaired) electrons. The summed E-state index contributed by atoms with van der Waals surface area (Å²) in [7, 11) is 0. The lowest BCUT2D eigenvalue weighted by Gasteiger charge is -2.28. The van der Waals surface area contributed by atoms with Crippen molar-refractivity contribution in [2.45, 2.75) is 31.7 Å². The number of hydrogen-bond donors (Lipinski definition) is 1. The van der Waals surface area contributed by atoms with E-state index in [4.69, 9.17) is 5.73 Å². The molecule has 0 aromatic carbocycles. The Morgan fingerprint density at radius 1 is 1.57 bits per heavy atom. The number of rotatable bonds is 3. The zero-order valence-corrected chi connectivity index (χ0v) is 8.12. The fraction of sp³-hybridized carbons (Fsp3) is 0.545. The molecule has 1 aliphatic carbocycles. The predicted molar refractivity (Wildman–Crippen MR) is 53.1 cm³/mol. The Balaban J connectivity index is 2.02. The van der Waals surface area contributed by atoms with E-state index in [1.807, 2.05) is 0 Å². The second-order valence-corrected chi connectivity index (χ2v) is 4.04. The Bertz CT molecular complexity index is 310. The first kappa shape index (κ1) is 9.59. The molecule has 14 heavy (non-hydrogen) atoms. The van der Waals surface area contributed by atoms with Crippen molar-refractivity contribution in [3.8, 4) is 0 Å². The number of hydrogen-bond acceptors (Lipinski definition) is 2. The lowest BCUT2D eigenvalue weighted by molar-refractivity contribution is 0.275. The molecule has 0 bridgehead atoms. The van der Waals surface area contributed by atoms with E-state index < -0.39 is 0 Å². The average Bonchev–Trinajstić information content (AvgIpc) is 2.12. The summed E-state index contributed by atoms with van der Waals surface area (Å²) in [6, 6.07) is 1.52.